The molecule has 2 aromatic heterocycles. The van der Waals surface area contributed by atoms with Crippen molar-refractivity contribution in [3.8, 4) is 0 Å². The zero-order valence-corrected chi connectivity index (χ0v) is 18.7. The van der Waals surface area contributed by atoms with Crippen LogP contribution in [0.1, 0.15) is 11.1 Å². The van der Waals surface area contributed by atoms with E-state index in [-0.39, 0.29) is 31.7 Å². The van der Waals surface area contributed by atoms with E-state index in [1.165, 1.54) is 12.1 Å². The van der Waals surface area contributed by atoms with Gasteiger partial charge in [-0.2, -0.15) is 0 Å². The Balaban J connectivity index is 1.67. The third kappa shape index (κ3) is 5.08. The van der Waals surface area contributed by atoms with Gasteiger partial charge in [-0.1, -0.05) is 29.4 Å². The SMILES string of the molecule is Cc1ccc(NC(=O)CSc2ncc(S(=O)(=O)c3ccc(Cl)s3)c(N)n2)cc1C. The highest BCUT2D eigenvalue weighted by Crippen LogP contribution is 2.32. The molecule has 1 amide bonds. The number of carbonyl (C=O) groups excluding carboxylic acids is 1. The van der Waals surface area contributed by atoms with Crippen LogP contribution in [-0.4, -0.2) is 30.0 Å². The fourth-order valence-electron chi connectivity index (χ4n) is 2.34. The van der Waals surface area contributed by atoms with Gasteiger partial charge in [0, 0.05) is 5.69 Å². The van der Waals surface area contributed by atoms with Crippen molar-refractivity contribution in [3.05, 3.63) is 52.0 Å². The molecule has 0 fully saturated rings. The molecule has 0 aliphatic heterocycles. The van der Waals surface area contributed by atoms with Crippen molar-refractivity contribution in [1.29, 1.82) is 0 Å². The van der Waals surface area contributed by atoms with Crippen LogP contribution in [0.5, 0.6) is 0 Å². The summed E-state index contributed by atoms with van der Waals surface area (Å²) in [6.07, 6.45) is 1.15. The van der Waals surface area contributed by atoms with Crippen LogP contribution in [0.2, 0.25) is 4.34 Å². The summed E-state index contributed by atoms with van der Waals surface area (Å²) in [5.74, 6) is -0.356. The number of benzene rings is 1. The van der Waals surface area contributed by atoms with Crippen LogP contribution >= 0.6 is 34.7 Å². The van der Waals surface area contributed by atoms with E-state index < -0.39 is 9.84 Å². The molecule has 0 spiro atoms. The molecule has 0 aliphatic carbocycles. The average molecular weight is 469 g/mol. The number of nitrogens with one attached hydrogen (secondary N) is 1. The molecule has 0 saturated carbocycles. The lowest BCUT2D eigenvalue weighted by Gasteiger charge is -2.08. The normalized spacial score (nSPS) is 11.4. The first-order chi connectivity index (χ1) is 13.7. The Morgan fingerprint density at radius 3 is 2.62 bits per heavy atom. The van der Waals surface area contributed by atoms with Gasteiger partial charge in [0.2, 0.25) is 15.7 Å². The minimum atomic E-state index is -3.85. The predicted molar refractivity (Wildman–Crippen MR) is 116 cm³/mol. The molecule has 1 aromatic carbocycles. The van der Waals surface area contributed by atoms with Crippen molar-refractivity contribution >= 4 is 61.9 Å². The second kappa shape index (κ2) is 8.70. The molecule has 7 nitrogen and oxygen atoms in total. The Bertz CT molecular complexity index is 1180. The van der Waals surface area contributed by atoms with Crippen LogP contribution in [0.4, 0.5) is 11.5 Å². The van der Waals surface area contributed by atoms with Crippen LogP contribution in [0.25, 0.3) is 0 Å². The van der Waals surface area contributed by atoms with Crippen LogP contribution in [0.3, 0.4) is 0 Å². The minimum absolute atomic E-state index is 0.0546. The topological polar surface area (TPSA) is 115 Å². The molecule has 0 atom stereocenters. The smallest absolute Gasteiger partial charge is 0.234 e. The zero-order chi connectivity index (χ0) is 21.2. The number of rotatable bonds is 6. The first kappa shape index (κ1) is 21.6. The number of aromatic nitrogens is 2. The molecule has 0 saturated heterocycles. The number of anilines is 2. The molecule has 3 N–H and O–H groups in total. The zero-order valence-electron chi connectivity index (χ0n) is 15.5. The largest absolute Gasteiger partial charge is 0.382 e. The highest BCUT2D eigenvalue weighted by Gasteiger charge is 2.24. The van der Waals surface area contributed by atoms with E-state index in [1.54, 1.807) is 0 Å². The molecule has 0 aliphatic rings. The predicted octanol–water partition coefficient (Wildman–Crippen LogP) is 3.95. The summed E-state index contributed by atoms with van der Waals surface area (Å²) in [4.78, 5) is 20.0. The number of hydrogen-bond donors (Lipinski definition) is 2. The van der Waals surface area contributed by atoms with E-state index in [0.717, 1.165) is 40.4 Å². The number of nitrogens with two attached hydrogens (primary N) is 1. The van der Waals surface area contributed by atoms with E-state index in [1.807, 2.05) is 32.0 Å². The number of halogens is 1. The number of nitrogen functional groups attached to an aromatic ring is 1. The number of hydrogen-bond acceptors (Lipinski definition) is 8. The molecule has 11 heteroatoms. The molecular formula is C18H17ClN4O3S3. The number of sulfone groups is 1. The van der Waals surface area contributed by atoms with Gasteiger partial charge in [0.25, 0.3) is 0 Å². The minimum Gasteiger partial charge on any atom is -0.382 e. The Kier molecular flexibility index (Phi) is 6.47. The molecule has 29 heavy (non-hydrogen) atoms. The first-order valence-corrected chi connectivity index (χ1v) is 12.0. The molecule has 2 heterocycles. The quantitative estimate of drug-likeness (QED) is 0.415. The van der Waals surface area contributed by atoms with Crippen molar-refractivity contribution in [2.24, 2.45) is 0 Å². The maximum absolute atomic E-state index is 12.6. The maximum Gasteiger partial charge on any atom is 0.234 e. The molecule has 0 radical (unpaired) electrons. The van der Waals surface area contributed by atoms with Crippen molar-refractivity contribution in [2.75, 3.05) is 16.8 Å². The number of aryl methyl sites for hydroxylation is 2. The second-order valence-corrected chi connectivity index (χ2v) is 10.9. The van der Waals surface area contributed by atoms with E-state index >= 15 is 0 Å². The summed E-state index contributed by atoms with van der Waals surface area (Å²) in [7, 11) is -3.85. The first-order valence-electron chi connectivity index (χ1n) is 8.29. The van der Waals surface area contributed by atoms with Gasteiger partial charge in [-0.15, -0.1) is 11.3 Å². The summed E-state index contributed by atoms with van der Waals surface area (Å²) in [6, 6.07) is 8.55. The van der Waals surface area contributed by atoms with Gasteiger partial charge >= 0.3 is 0 Å². The van der Waals surface area contributed by atoms with Gasteiger partial charge in [0.05, 0.1) is 16.3 Å². The third-order valence-corrected chi connectivity index (χ3v) is 8.34. The molecule has 0 unspecified atom stereocenters. The highest BCUT2D eigenvalue weighted by atomic mass is 35.5. The lowest BCUT2D eigenvalue weighted by molar-refractivity contribution is -0.113. The van der Waals surface area contributed by atoms with Crippen LogP contribution in [-0.2, 0) is 14.6 Å². The highest BCUT2D eigenvalue weighted by molar-refractivity contribution is 7.99. The molecular weight excluding hydrogens is 452 g/mol. The van der Waals surface area contributed by atoms with Crippen molar-refractivity contribution in [1.82, 2.24) is 9.97 Å². The van der Waals surface area contributed by atoms with Gasteiger partial charge in [-0.05, 0) is 49.2 Å². The van der Waals surface area contributed by atoms with Crippen LogP contribution < -0.4 is 11.1 Å². The van der Waals surface area contributed by atoms with Crippen molar-refractivity contribution in [2.45, 2.75) is 28.1 Å². The Morgan fingerprint density at radius 1 is 1.24 bits per heavy atom. The van der Waals surface area contributed by atoms with Gasteiger partial charge in [0.15, 0.2) is 5.16 Å². The van der Waals surface area contributed by atoms with Crippen molar-refractivity contribution in [3.63, 3.8) is 0 Å². The monoisotopic (exact) mass is 468 g/mol. The Hall–Kier alpha value is -2.14. The average Bonchev–Trinajstić information content (AvgIpc) is 3.10. The number of thiophene rings is 1. The van der Waals surface area contributed by atoms with Gasteiger partial charge in [-0.25, -0.2) is 18.4 Å². The number of carbonyl (C=O) groups is 1. The van der Waals surface area contributed by atoms with Gasteiger partial charge in [0.1, 0.15) is 14.9 Å². The number of amides is 1. The fraction of sp³-hybridized carbons (Fsp3) is 0.167. The molecule has 3 rings (SSSR count). The Morgan fingerprint density at radius 2 is 2.00 bits per heavy atom. The second-order valence-electron chi connectivity index (χ2n) is 6.10. The number of thioether (sulfide) groups is 1. The molecule has 152 valence electrons. The summed E-state index contributed by atoms with van der Waals surface area (Å²) in [5, 5.41) is 3.01. The maximum atomic E-state index is 12.6. The van der Waals surface area contributed by atoms with E-state index in [4.69, 9.17) is 17.3 Å². The fourth-order valence-corrected chi connectivity index (χ4v) is 5.83. The lowest BCUT2D eigenvalue weighted by Crippen LogP contribution is -2.15. The van der Waals surface area contributed by atoms with Crippen LogP contribution in [0, 0.1) is 13.8 Å². The van der Waals surface area contributed by atoms with E-state index in [9.17, 15) is 13.2 Å². The summed E-state index contributed by atoms with van der Waals surface area (Å²) in [6.45, 7) is 3.96. The van der Waals surface area contributed by atoms with Crippen LogP contribution in [0.15, 0.2) is 50.8 Å². The third-order valence-electron chi connectivity index (χ3n) is 3.99. The summed E-state index contributed by atoms with van der Waals surface area (Å²) in [5.41, 5.74) is 8.76. The lowest BCUT2D eigenvalue weighted by atomic mass is 10.1. The standard InChI is InChI=1S/C18H17ClN4O3S3/c1-10-3-4-12(7-11(10)2)22-15(24)9-27-18-21-8-13(17(20)23-18)29(25,26)16-6-5-14(19)28-16/h3-8H,9H2,1-2H3,(H,22,24)(H2,20,21,23). The molecule has 0 bridgehead atoms. The van der Waals surface area contributed by atoms with Gasteiger partial charge in [-0.3, -0.25) is 4.79 Å². The molecule has 3 aromatic rings. The summed E-state index contributed by atoms with van der Waals surface area (Å²) >= 11 is 7.80. The summed E-state index contributed by atoms with van der Waals surface area (Å²) < 4.78 is 25.7. The van der Waals surface area contributed by atoms with E-state index in [0.29, 0.717) is 10.0 Å². The number of nitrogens with zero attached hydrogens (tertiary/aromatic N) is 2. The van der Waals surface area contributed by atoms with Gasteiger partial charge < -0.3 is 11.1 Å². The Labute approximate surface area is 181 Å². The van der Waals surface area contributed by atoms with E-state index in [2.05, 4.69) is 15.3 Å². The van der Waals surface area contributed by atoms with Crippen molar-refractivity contribution < 1.29 is 13.2 Å².